The Morgan fingerprint density at radius 3 is 2.24 bits per heavy atom. The summed E-state index contributed by atoms with van der Waals surface area (Å²) in [4.78, 5) is 28.7. The first-order chi connectivity index (χ1) is 17.6. The second-order valence-corrected chi connectivity index (χ2v) is 11.2. The zero-order valence-corrected chi connectivity index (χ0v) is 21.2. The average molecular weight is 524 g/mol. The number of nitrogens with zero attached hydrogens (tertiary/aromatic N) is 3. The van der Waals surface area contributed by atoms with Gasteiger partial charge in [0.05, 0.1) is 28.9 Å². The lowest BCUT2D eigenvalue weighted by atomic mass is 10.0. The lowest BCUT2D eigenvalue weighted by Crippen LogP contribution is -2.52. The van der Waals surface area contributed by atoms with E-state index in [1.807, 2.05) is 31.2 Å². The van der Waals surface area contributed by atoms with Gasteiger partial charge in [0.25, 0.3) is 0 Å². The van der Waals surface area contributed by atoms with E-state index in [9.17, 15) is 22.4 Å². The normalized spacial score (nSPS) is 18.5. The van der Waals surface area contributed by atoms with E-state index in [4.69, 9.17) is 4.74 Å². The van der Waals surface area contributed by atoms with Crippen molar-refractivity contribution in [3.63, 3.8) is 0 Å². The number of anilines is 3. The first-order valence-electron chi connectivity index (χ1n) is 11.9. The van der Waals surface area contributed by atoms with Gasteiger partial charge >= 0.3 is 6.09 Å². The second-order valence-electron chi connectivity index (χ2n) is 9.16. The minimum absolute atomic E-state index is 0.147. The van der Waals surface area contributed by atoms with Crippen LogP contribution in [0, 0.1) is 5.82 Å². The van der Waals surface area contributed by atoms with Crippen LogP contribution in [-0.2, 0) is 14.8 Å². The van der Waals surface area contributed by atoms with Crippen LogP contribution in [0.5, 0.6) is 5.75 Å². The maximum Gasteiger partial charge on any atom is 0.419 e. The molecule has 1 unspecified atom stereocenters. The van der Waals surface area contributed by atoms with Gasteiger partial charge in [-0.3, -0.25) is 14.0 Å². The summed E-state index contributed by atoms with van der Waals surface area (Å²) in [7, 11) is -3.28. The highest BCUT2D eigenvalue weighted by Crippen LogP contribution is 2.39. The molecule has 1 saturated heterocycles. The van der Waals surface area contributed by atoms with Crippen molar-refractivity contribution in [3.8, 4) is 16.9 Å². The fourth-order valence-electron chi connectivity index (χ4n) is 4.87. The molecule has 0 radical (unpaired) electrons. The number of halogens is 1. The van der Waals surface area contributed by atoms with Gasteiger partial charge in [0.15, 0.2) is 0 Å². The lowest BCUT2D eigenvalue weighted by molar-refractivity contribution is -0.117. The Bertz CT molecular complexity index is 1460. The predicted molar refractivity (Wildman–Crippen MR) is 140 cm³/mol. The number of rotatable bonds is 3. The molecule has 2 aliphatic heterocycles. The second kappa shape index (κ2) is 9.51. The average Bonchev–Trinajstić information content (AvgIpc) is 3.23. The van der Waals surface area contributed by atoms with Gasteiger partial charge in [-0.15, -0.1) is 0 Å². The van der Waals surface area contributed by atoms with Crippen molar-refractivity contribution in [2.75, 3.05) is 32.9 Å². The van der Waals surface area contributed by atoms with E-state index in [0.717, 1.165) is 11.1 Å². The Morgan fingerprint density at radius 2 is 1.62 bits per heavy atom. The van der Waals surface area contributed by atoms with Gasteiger partial charge in [-0.25, -0.2) is 17.6 Å². The smallest absolute Gasteiger partial charge is 0.410 e. The molecule has 37 heavy (non-hydrogen) atoms. The van der Waals surface area contributed by atoms with E-state index >= 15 is 0 Å². The molecule has 2 heterocycles. The SMILES string of the molecule is CC(=O)N1c2ccc(-c3ccc(N4CCCS4(=O)=O)cc3)cc2N(C(=O)Oc2ccc(F)cc2)CC1C. The van der Waals surface area contributed by atoms with Gasteiger partial charge in [0.2, 0.25) is 15.9 Å². The summed E-state index contributed by atoms with van der Waals surface area (Å²) in [5, 5.41) is 0. The number of benzene rings is 3. The Hall–Kier alpha value is -3.92. The van der Waals surface area contributed by atoms with E-state index in [1.54, 1.807) is 23.1 Å². The van der Waals surface area contributed by atoms with Crippen molar-refractivity contribution in [2.24, 2.45) is 0 Å². The monoisotopic (exact) mass is 523 g/mol. The molecule has 1 atom stereocenters. The highest BCUT2D eigenvalue weighted by Gasteiger charge is 2.35. The summed E-state index contributed by atoms with van der Waals surface area (Å²) in [5.41, 5.74) is 3.30. The molecule has 0 aromatic heterocycles. The fourth-order valence-corrected chi connectivity index (χ4v) is 6.43. The standard InChI is InChI=1S/C27H26FN3O5S/c1-18-17-29(27(33)36-24-11-7-22(28)8-12-24)26-16-21(6-13-25(26)31(18)19(2)32)20-4-9-23(10-5-20)30-14-3-15-37(30,34)35/h4-13,16,18H,3,14-15,17H2,1-2H3. The molecule has 0 saturated carbocycles. The third kappa shape index (κ3) is 4.76. The molecular weight excluding hydrogens is 497 g/mol. The zero-order valence-electron chi connectivity index (χ0n) is 20.4. The molecule has 1 fully saturated rings. The minimum Gasteiger partial charge on any atom is -0.410 e. The summed E-state index contributed by atoms with van der Waals surface area (Å²) in [5.74, 6) is -0.233. The summed E-state index contributed by atoms with van der Waals surface area (Å²) in [6.45, 7) is 4.00. The lowest BCUT2D eigenvalue weighted by Gasteiger charge is -2.40. The molecule has 192 valence electrons. The molecule has 0 spiro atoms. The number of hydrogen-bond donors (Lipinski definition) is 0. The molecule has 3 aromatic rings. The maximum atomic E-state index is 13.3. The quantitative estimate of drug-likeness (QED) is 0.493. The molecule has 0 aliphatic carbocycles. The van der Waals surface area contributed by atoms with Crippen molar-refractivity contribution in [3.05, 3.63) is 72.5 Å². The molecule has 0 bridgehead atoms. The van der Waals surface area contributed by atoms with Crippen molar-refractivity contribution >= 4 is 39.1 Å². The predicted octanol–water partition coefficient (Wildman–Crippen LogP) is 4.79. The van der Waals surface area contributed by atoms with Crippen LogP contribution in [0.3, 0.4) is 0 Å². The van der Waals surface area contributed by atoms with Crippen LogP contribution in [0.25, 0.3) is 11.1 Å². The maximum absolute atomic E-state index is 13.3. The number of amides is 2. The van der Waals surface area contributed by atoms with Crippen molar-refractivity contribution in [1.29, 1.82) is 0 Å². The van der Waals surface area contributed by atoms with Gasteiger partial charge in [-0.1, -0.05) is 18.2 Å². The first kappa shape index (κ1) is 24.8. The van der Waals surface area contributed by atoms with E-state index in [2.05, 4.69) is 0 Å². The van der Waals surface area contributed by atoms with E-state index in [-0.39, 0.29) is 30.0 Å². The van der Waals surface area contributed by atoms with Gasteiger partial charge in [-0.05, 0) is 73.0 Å². The number of fused-ring (bicyclic) bond motifs is 1. The third-order valence-electron chi connectivity index (χ3n) is 6.58. The Balaban J connectivity index is 1.49. The summed E-state index contributed by atoms with van der Waals surface area (Å²) in [6, 6.07) is 17.5. The number of carbonyl (C=O) groups is 2. The highest BCUT2D eigenvalue weighted by molar-refractivity contribution is 7.93. The van der Waals surface area contributed by atoms with Crippen molar-refractivity contribution < 1.29 is 27.1 Å². The van der Waals surface area contributed by atoms with E-state index < -0.39 is 21.9 Å². The Kier molecular flexibility index (Phi) is 6.36. The Labute approximate surface area is 214 Å². The number of hydrogen-bond acceptors (Lipinski definition) is 5. The minimum atomic E-state index is -3.28. The Morgan fingerprint density at radius 1 is 0.946 bits per heavy atom. The molecule has 10 heteroatoms. The molecule has 2 aliphatic rings. The first-order valence-corrected chi connectivity index (χ1v) is 13.5. The molecule has 5 rings (SSSR count). The largest absolute Gasteiger partial charge is 0.419 e. The van der Waals surface area contributed by atoms with Crippen molar-refractivity contribution in [2.45, 2.75) is 26.3 Å². The van der Waals surface area contributed by atoms with Gasteiger partial charge < -0.3 is 9.64 Å². The number of ether oxygens (including phenoxy) is 1. The van der Waals surface area contributed by atoms with Crippen LogP contribution >= 0.6 is 0 Å². The molecule has 0 N–H and O–H groups in total. The molecule has 3 aromatic carbocycles. The van der Waals surface area contributed by atoms with Crippen LogP contribution in [0.4, 0.5) is 26.2 Å². The molecule has 8 nitrogen and oxygen atoms in total. The van der Waals surface area contributed by atoms with E-state index in [1.165, 1.54) is 40.4 Å². The van der Waals surface area contributed by atoms with Gasteiger partial charge in [-0.2, -0.15) is 0 Å². The third-order valence-corrected chi connectivity index (χ3v) is 8.45. The summed E-state index contributed by atoms with van der Waals surface area (Å²) >= 11 is 0. The van der Waals surface area contributed by atoms with Gasteiger partial charge in [0, 0.05) is 20.0 Å². The van der Waals surface area contributed by atoms with E-state index in [0.29, 0.717) is 30.0 Å². The number of sulfonamides is 1. The number of carbonyl (C=O) groups excluding carboxylic acids is 2. The van der Waals surface area contributed by atoms with Crippen LogP contribution in [0.1, 0.15) is 20.3 Å². The van der Waals surface area contributed by atoms with Crippen LogP contribution in [0.2, 0.25) is 0 Å². The van der Waals surface area contributed by atoms with Gasteiger partial charge in [0.1, 0.15) is 11.6 Å². The fraction of sp³-hybridized carbons (Fsp3) is 0.259. The van der Waals surface area contributed by atoms with Crippen LogP contribution in [-0.4, -0.2) is 45.3 Å². The zero-order chi connectivity index (χ0) is 26.3. The summed E-state index contributed by atoms with van der Waals surface area (Å²) < 4.78 is 44.7. The molecular formula is C27H26FN3O5S. The highest BCUT2D eigenvalue weighted by atomic mass is 32.2. The summed E-state index contributed by atoms with van der Waals surface area (Å²) in [6.07, 6.45) is -0.0428. The van der Waals surface area contributed by atoms with Crippen LogP contribution < -0.4 is 18.8 Å². The topological polar surface area (TPSA) is 87.2 Å². The molecule has 2 amide bonds. The van der Waals surface area contributed by atoms with Crippen molar-refractivity contribution in [1.82, 2.24) is 0 Å². The van der Waals surface area contributed by atoms with Crippen LogP contribution in [0.15, 0.2) is 66.7 Å².